The molecule has 8 heavy (non-hydrogen) atoms. The fourth-order valence-corrected chi connectivity index (χ4v) is 0.856. The zero-order valence-corrected chi connectivity index (χ0v) is 5.63. The lowest BCUT2D eigenvalue weighted by Gasteiger charge is -1.62. The van der Waals surface area contributed by atoms with Crippen molar-refractivity contribution >= 4 is 23.7 Å². The average Bonchev–Trinajstić information content (AvgIpc) is 2.14. The molecular formula is C5H4ClNS. The van der Waals surface area contributed by atoms with E-state index < -0.39 is 0 Å². The van der Waals surface area contributed by atoms with Crippen LogP contribution in [0.5, 0.6) is 0 Å². The van der Waals surface area contributed by atoms with E-state index in [-0.39, 0.29) is 12.4 Å². The van der Waals surface area contributed by atoms with E-state index in [0.29, 0.717) is 0 Å². The molecule has 0 aliphatic rings. The van der Waals surface area contributed by atoms with Crippen LogP contribution in [0, 0.1) is 11.3 Å². The van der Waals surface area contributed by atoms with Crippen molar-refractivity contribution in [1.29, 1.82) is 5.26 Å². The molecule has 0 amide bonds. The standard InChI is InChI=1S/C5H3NS.ClH/c6-4-5-2-1-3-7-5;/h1-3H;1H. The molecule has 0 radical (unpaired) electrons. The highest BCUT2D eigenvalue weighted by molar-refractivity contribution is 7.10. The molecule has 0 saturated carbocycles. The summed E-state index contributed by atoms with van der Waals surface area (Å²) in [7, 11) is 0. The van der Waals surface area contributed by atoms with Gasteiger partial charge in [0, 0.05) is 0 Å². The number of thiophene rings is 1. The molecule has 0 aliphatic carbocycles. The summed E-state index contributed by atoms with van der Waals surface area (Å²) in [5.74, 6) is 0. The van der Waals surface area contributed by atoms with Gasteiger partial charge in [0.25, 0.3) is 0 Å². The highest BCUT2D eigenvalue weighted by Gasteiger charge is 1.82. The minimum Gasteiger partial charge on any atom is -0.192 e. The minimum atomic E-state index is 0. The lowest BCUT2D eigenvalue weighted by atomic mass is 10.5. The van der Waals surface area contributed by atoms with Gasteiger partial charge in [-0.2, -0.15) is 5.26 Å². The van der Waals surface area contributed by atoms with Crippen molar-refractivity contribution in [1.82, 2.24) is 0 Å². The molecule has 1 heterocycles. The van der Waals surface area contributed by atoms with Gasteiger partial charge in [-0.3, -0.25) is 0 Å². The normalized spacial score (nSPS) is 6.88. The topological polar surface area (TPSA) is 23.8 Å². The van der Waals surface area contributed by atoms with Crippen LogP contribution >= 0.6 is 23.7 Å². The van der Waals surface area contributed by atoms with Crippen LogP contribution in [0.2, 0.25) is 0 Å². The van der Waals surface area contributed by atoms with Crippen LogP contribution < -0.4 is 0 Å². The Bertz CT molecular complexity index is 175. The van der Waals surface area contributed by atoms with Gasteiger partial charge in [0.2, 0.25) is 0 Å². The van der Waals surface area contributed by atoms with Crippen LogP contribution in [0.3, 0.4) is 0 Å². The number of rotatable bonds is 0. The lowest BCUT2D eigenvalue weighted by Crippen LogP contribution is -1.50. The minimum absolute atomic E-state index is 0. The summed E-state index contributed by atoms with van der Waals surface area (Å²) in [6.07, 6.45) is 0. The van der Waals surface area contributed by atoms with Crippen molar-refractivity contribution in [2.75, 3.05) is 0 Å². The molecule has 1 aromatic rings. The fourth-order valence-electron chi connectivity index (χ4n) is 0.342. The summed E-state index contributed by atoms with van der Waals surface area (Å²) < 4.78 is 0. The Hall–Kier alpha value is -0.520. The van der Waals surface area contributed by atoms with Crippen molar-refractivity contribution in [2.45, 2.75) is 0 Å². The largest absolute Gasteiger partial charge is 0.192 e. The van der Waals surface area contributed by atoms with Crippen molar-refractivity contribution in [3.63, 3.8) is 0 Å². The van der Waals surface area contributed by atoms with Gasteiger partial charge in [0.1, 0.15) is 10.9 Å². The Labute approximate surface area is 58.0 Å². The van der Waals surface area contributed by atoms with E-state index in [4.69, 9.17) is 5.26 Å². The third-order valence-electron chi connectivity index (χ3n) is 0.631. The Morgan fingerprint density at radius 2 is 2.38 bits per heavy atom. The van der Waals surface area contributed by atoms with E-state index >= 15 is 0 Å². The first-order valence-electron chi connectivity index (χ1n) is 1.87. The van der Waals surface area contributed by atoms with Gasteiger partial charge in [0.15, 0.2) is 0 Å². The Morgan fingerprint density at radius 1 is 1.62 bits per heavy atom. The second-order valence-electron chi connectivity index (χ2n) is 1.09. The van der Waals surface area contributed by atoms with Gasteiger partial charge < -0.3 is 0 Å². The molecule has 0 unspecified atom stereocenters. The second kappa shape index (κ2) is 3.48. The van der Waals surface area contributed by atoms with Crippen LogP contribution in [0.4, 0.5) is 0 Å². The van der Waals surface area contributed by atoms with E-state index in [9.17, 15) is 0 Å². The summed E-state index contributed by atoms with van der Waals surface area (Å²) in [6, 6.07) is 5.69. The van der Waals surface area contributed by atoms with E-state index in [1.807, 2.05) is 17.5 Å². The highest BCUT2D eigenvalue weighted by Crippen LogP contribution is 2.04. The van der Waals surface area contributed by atoms with E-state index in [0.717, 1.165) is 4.88 Å². The summed E-state index contributed by atoms with van der Waals surface area (Å²) in [5.41, 5.74) is 0. The first-order chi connectivity index (χ1) is 3.43. The number of hydrogen-bond donors (Lipinski definition) is 0. The first-order valence-corrected chi connectivity index (χ1v) is 2.75. The van der Waals surface area contributed by atoms with Gasteiger partial charge in [-0.15, -0.1) is 23.7 Å². The van der Waals surface area contributed by atoms with Crippen LogP contribution in [-0.4, -0.2) is 0 Å². The van der Waals surface area contributed by atoms with Gasteiger partial charge in [-0.1, -0.05) is 6.07 Å². The third kappa shape index (κ3) is 1.53. The molecule has 1 aromatic heterocycles. The summed E-state index contributed by atoms with van der Waals surface area (Å²) in [4.78, 5) is 0.778. The van der Waals surface area contributed by atoms with Crippen molar-refractivity contribution < 1.29 is 0 Å². The molecular weight excluding hydrogens is 142 g/mol. The molecule has 0 atom stereocenters. The second-order valence-corrected chi connectivity index (χ2v) is 2.04. The van der Waals surface area contributed by atoms with Crippen molar-refractivity contribution in [3.8, 4) is 6.07 Å². The maximum Gasteiger partial charge on any atom is 0.110 e. The molecule has 0 fully saturated rings. The Morgan fingerprint density at radius 3 is 2.62 bits per heavy atom. The fraction of sp³-hybridized carbons (Fsp3) is 0. The molecule has 0 spiro atoms. The van der Waals surface area contributed by atoms with E-state index in [2.05, 4.69) is 0 Å². The maximum absolute atomic E-state index is 8.19. The van der Waals surface area contributed by atoms with Crippen LogP contribution in [-0.2, 0) is 0 Å². The number of hydrogen-bond acceptors (Lipinski definition) is 2. The lowest BCUT2D eigenvalue weighted by molar-refractivity contribution is 1.52. The predicted octanol–water partition coefficient (Wildman–Crippen LogP) is 2.04. The SMILES string of the molecule is Cl.N#Cc1cccs1. The van der Waals surface area contributed by atoms with Gasteiger partial charge in [-0.25, -0.2) is 0 Å². The van der Waals surface area contributed by atoms with Crippen molar-refractivity contribution in [3.05, 3.63) is 22.4 Å². The number of halogens is 1. The zero-order valence-electron chi connectivity index (χ0n) is 4.00. The monoisotopic (exact) mass is 145 g/mol. The molecule has 0 bridgehead atoms. The molecule has 42 valence electrons. The summed E-state index contributed by atoms with van der Waals surface area (Å²) >= 11 is 1.46. The average molecular weight is 146 g/mol. The Balaban J connectivity index is 0.000000490. The molecule has 1 nitrogen and oxygen atoms in total. The van der Waals surface area contributed by atoms with Gasteiger partial charge in [-0.05, 0) is 11.4 Å². The Kier molecular flexibility index (Phi) is 3.25. The first kappa shape index (κ1) is 7.48. The van der Waals surface area contributed by atoms with Crippen LogP contribution in [0.25, 0.3) is 0 Å². The molecule has 0 aliphatic heterocycles. The third-order valence-corrected chi connectivity index (χ3v) is 1.41. The zero-order chi connectivity index (χ0) is 5.11. The van der Waals surface area contributed by atoms with Crippen molar-refractivity contribution in [2.24, 2.45) is 0 Å². The number of nitrogens with zero attached hydrogens (tertiary/aromatic N) is 1. The number of nitriles is 1. The molecule has 0 N–H and O–H groups in total. The van der Waals surface area contributed by atoms with Crippen LogP contribution in [0.15, 0.2) is 17.5 Å². The van der Waals surface area contributed by atoms with Crippen LogP contribution in [0.1, 0.15) is 4.88 Å². The summed E-state index contributed by atoms with van der Waals surface area (Å²) in [5, 5.41) is 10.1. The molecule has 3 heteroatoms. The summed E-state index contributed by atoms with van der Waals surface area (Å²) in [6.45, 7) is 0. The highest BCUT2D eigenvalue weighted by atomic mass is 35.5. The van der Waals surface area contributed by atoms with E-state index in [1.165, 1.54) is 11.3 Å². The molecule has 0 saturated heterocycles. The maximum atomic E-state index is 8.19. The van der Waals surface area contributed by atoms with Gasteiger partial charge in [0.05, 0.1) is 0 Å². The smallest absolute Gasteiger partial charge is 0.110 e. The van der Waals surface area contributed by atoms with Gasteiger partial charge >= 0.3 is 0 Å². The molecule has 0 aromatic carbocycles. The quantitative estimate of drug-likeness (QED) is 0.548. The van der Waals surface area contributed by atoms with E-state index in [1.54, 1.807) is 6.07 Å². The molecule has 1 rings (SSSR count). The predicted molar refractivity (Wildman–Crippen MR) is 36.3 cm³/mol.